The molecule has 0 saturated heterocycles. The van der Waals surface area contributed by atoms with Crippen LogP contribution in [0.4, 0.5) is 5.69 Å². The van der Waals surface area contributed by atoms with Crippen LogP contribution < -0.4 is 10.1 Å². The molecular weight excluding hydrogens is 373 g/mol. The summed E-state index contributed by atoms with van der Waals surface area (Å²) in [5, 5.41) is 7.79. The summed E-state index contributed by atoms with van der Waals surface area (Å²) in [5.74, 6) is 0.172. The third kappa shape index (κ3) is 4.36. The van der Waals surface area contributed by atoms with E-state index in [-0.39, 0.29) is 12.6 Å². The molecule has 0 bridgehead atoms. The molecule has 0 spiro atoms. The van der Waals surface area contributed by atoms with Gasteiger partial charge in [-0.1, -0.05) is 48.3 Å². The molecule has 1 aromatic heterocycles. The summed E-state index contributed by atoms with van der Waals surface area (Å²) in [6, 6.07) is 14.5. The smallest absolute Gasteiger partial charge is 0.276 e. The van der Waals surface area contributed by atoms with Crippen molar-refractivity contribution in [2.45, 2.75) is 20.1 Å². The van der Waals surface area contributed by atoms with Crippen molar-refractivity contribution < 1.29 is 9.53 Å². The van der Waals surface area contributed by atoms with Crippen LogP contribution in [0.15, 0.2) is 54.7 Å². The minimum absolute atomic E-state index is 0.110. The average molecular weight is 390 g/mol. The Morgan fingerprint density at radius 3 is 2.65 bits per heavy atom. The number of carbonyl (C=O) groups is 1. The molecule has 2 aromatic carbocycles. The summed E-state index contributed by atoms with van der Waals surface area (Å²) in [7, 11) is 0. The van der Waals surface area contributed by atoms with E-state index in [1.807, 2.05) is 24.3 Å². The van der Waals surface area contributed by atoms with Crippen molar-refractivity contribution in [2.24, 2.45) is 0 Å². The van der Waals surface area contributed by atoms with Crippen LogP contribution >= 0.6 is 23.2 Å². The summed E-state index contributed by atoms with van der Waals surface area (Å²) >= 11 is 12.0. The Morgan fingerprint density at radius 1 is 1.15 bits per heavy atom. The number of hydrogen-bond acceptors (Lipinski definition) is 3. The third-order valence-corrected chi connectivity index (χ3v) is 4.56. The highest BCUT2D eigenvalue weighted by Gasteiger charge is 2.11. The maximum absolute atomic E-state index is 12.3. The van der Waals surface area contributed by atoms with Crippen molar-refractivity contribution >= 4 is 34.8 Å². The molecule has 3 aromatic rings. The van der Waals surface area contributed by atoms with Gasteiger partial charge in [-0.25, -0.2) is 4.68 Å². The van der Waals surface area contributed by atoms with Crippen molar-refractivity contribution in [2.75, 3.05) is 5.32 Å². The van der Waals surface area contributed by atoms with Gasteiger partial charge in [0.15, 0.2) is 12.4 Å². The zero-order valence-electron chi connectivity index (χ0n) is 14.1. The Morgan fingerprint density at radius 2 is 1.92 bits per heavy atom. The number of halogens is 2. The maximum Gasteiger partial charge on any atom is 0.276 e. The topological polar surface area (TPSA) is 56.2 Å². The molecule has 1 amide bonds. The van der Waals surface area contributed by atoms with Crippen molar-refractivity contribution in [1.82, 2.24) is 9.78 Å². The molecule has 7 heteroatoms. The molecule has 0 radical (unpaired) electrons. The molecule has 0 atom stereocenters. The van der Waals surface area contributed by atoms with Gasteiger partial charge in [-0.05, 0) is 42.3 Å². The Hall–Kier alpha value is -2.50. The van der Waals surface area contributed by atoms with Crippen LogP contribution in [-0.2, 0) is 13.2 Å². The lowest BCUT2D eigenvalue weighted by atomic mass is 10.1. The number of aryl methyl sites for hydroxylation is 1. The van der Waals surface area contributed by atoms with E-state index >= 15 is 0 Å². The monoisotopic (exact) mass is 389 g/mol. The lowest BCUT2D eigenvalue weighted by Gasteiger charge is -2.08. The quantitative estimate of drug-likeness (QED) is 0.642. The first kappa shape index (κ1) is 18.3. The molecule has 0 aliphatic carbocycles. The SMILES string of the molecule is CCc1ccc(NC(=O)c2ccn(COc3cccc(Cl)c3Cl)n2)cc1. The molecular formula is C19H17Cl2N3O2. The van der Waals surface area contributed by atoms with Crippen LogP contribution in [0.3, 0.4) is 0 Å². The van der Waals surface area contributed by atoms with Gasteiger partial charge in [-0.15, -0.1) is 0 Å². The number of rotatable bonds is 6. The van der Waals surface area contributed by atoms with Crippen molar-refractivity contribution in [3.63, 3.8) is 0 Å². The molecule has 5 nitrogen and oxygen atoms in total. The van der Waals surface area contributed by atoms with E-state index in [2.05, 4.69) is 17.3 Å². The molecule has 26 heavy (non-hydrogen) atoms. The van der Waals surface area contributed by atoms with Gasteiger partial charge in [-0.2, -0.15) is 5.10 Å². The third-order valence-electron chi connectivity index (χ3n) is 3.76. The van der Waals surface area contributed by atoms with Crippen LogP contribution in [0.5, 0.6) is 5.75 Å². The van der Waals surface area contributed by atoms with E-state index < -0.39 is 0 Å². The van der Waals surface area contributed by atoms with Gasteiger partial charge >= 0.3 is 0 Å². The molecule has 0 aliphatic heterocycles. The number of nitrogens with zero attached hydrogens (tertiary/aromatic N) is 2. The Balaban J connectivity index is 1.61. The summed E-state index contributed by atoms with van der Waals surface area (Å²) in [4.78, 5) is 12.3. The molecule has 3 rings (SSSR count). The molecule has 0 aliphatic rings. The van der Waals surface area contributed by atoms with E-state index in [0.29, 0.717) is 21.5 Å². The van der Waals surface area contributed by atoms with Gasteiger partial charge < -0.3 is 10.1 Å². The molecule has 1 heterocycles. The van der Waals surface area contributed by atoms with Crippen molar-refractivity contribution in [3.8, 4) is 5.75 Å². The Bertz CT molecular complexity index is 907. The van der Waals surface area contributed by atoms with E-state index in [0.717, 1.165) is 12.1 Å². The van der Waals surface area contributed by atoms with Gasteiger partial charge in [0.25, 0.3) is 5.91 Å². The van der Waals surface area contributed by atoms with Crippen LogP contribution in [0, 0.1) is 0 Å². The van der Waals surface area contributed by atoms with E-state index in [9.17, 15) is 4.79 Å². The second-order valence-corrected chi connectivity index (χ2v) is 6.36. The van der Waals surface area contributed by atoms with Gasteiger partial charge in [0.05, 0.1) is 5.02 Å². The van der Waals surface area contributed by atoms with Crippen LogP contribution in [0.25, 0.3) is 0 Å². The van der Waals surface area contributed by atoms with E-state index in [1.165, 1.54) is 10.2 Å². The lowest BCUT2D eigenvalue weighted by molar-refractivity contribution is 0.102. The van der Waals surface area contributed by atoms with Gasteiger partial charge in [0, 0.05) is 11.9 Å². The number of anilines is 1. The van der Waals surface area contributed by atoms with Crippen molar-refractivity contribution in [3.05, 3.63) is 76.0 Å². The molecule has 0 unspecified atom stereocenters. The summed E-state index contributed by atoms with van der Waals surface area (Å²) in [6.07, 6.45) is 2.61. The lowest BCUT2D eigenvalue weighted by Crippen LogP contribution is -2.14. The number of nitrogens with one attached hydrogen (secondary N) is 1. The predicted octanol–water partition coefficient (Wildman–Crippen LogP) is 5.04. The van der Waals surface area contributed by atoms with E-state index in [4.69, 9.17) is 27.9 Å². The number of carbonyl (C=O) groups excluding carboxylic acids is 1. The number of benzene rings is 2. The summed E-state index contributed by atoms with van der Waals surface area (Å²) in [5.41, 5.74) is 2.23. The standard InChI is InChI=1S/C19H17Cl2N3O2/c1-2-13-6-8-14(9-7-13)22-19(25)16-10-11-24(23-16)12-26-17-5-3-4-15(20)18(17)21/h3-11H,2,12H2,1H3,(H,22,25). The maximum atomic E-state index is 12.3. The normalized spacial score (nSPS) is 10.6. The highest BCUT2D eigenvalue weighted by Crippen LogP contribution is 2.31. The molecule has 0 saturated carbocycles. The second kappa shape index (κ2) is 8.25. The Kier molecular flexibility index (Phi) is 5.81. The zero-order valence-corrected chi connectivity index (χ0v) is 15.6. The second-order valence-electron chi connectivity index (χ2n) is 5.57. The van der Waals surface area contributed by atoms with E-state index in [1.54, 1.807) is 30.5 Å². The largest absolute Gasteiger partial charge is 0.470 e. The van der Waals surface area contributed by atoms with Crippen LogP contribution in [0.1, 0.15) is 23.0 Å². The fourth-order valence-corrected chi connectivity index (χ4v) is 2.65. The van der Waals surface area contributed by atoms with Crippen LogP contribution in [0.2, 0.25) is 10.0 Å². The predicted molar refractivity (Wildman–Crippen MR) is 103 cm³/mol. The minimum Gasteiger partial charge on any atom is -0.470 e. The first-order valence-corrected chi connectivity index (χ1v) is 8.83. The first-order chi connectivity index (χ1) is 12.6. The van der Waals surface area contributed by atoms with Crippen molar-refractivity contribution in [1.29, 1.82) is 0 Å². The van der Waals surface area contributed by atoms with Crippen LogP contribution in [-0.4, -0.2) is 15.7 Å². The average Bonchev–Trinajstić information content (AvgIpc) is 3.13. The number of amides is 1. The fraction of sp³-hybridized carbons (Fsp3) is 0.158. The fourth-order valence-electron chi connectivity index (χ4n) is 2.30. The zero-order chi connectivity index (χ0) is 18.5. The highest BCUT2D eigenvalue weighted by atomic mass is 35.5. The first-order valence-electron chi connectivity index (χ1n) is 8.07. The minimum atomic E-state index is -0.284. The summed E-state index contributed by atoms with van der Waals surface area (Å²) in [6.45, 7) is 2.19. The Labute approximate surface area is 161 Å². The molecule has 0 fully saturated rings. The summed E-state index contributed by atoms with van der Waals surface area (Å²) < 4.78 is 7.10. The number of ether oxygens (including phenoxy) is 1. The molecule has 134 valence electrons. The number of aromatic nitrogens is 2. The highest BCUT2D eigenvalue weighted by molar-refractivity contribution is 6.42. The number of hydrogen-bond donors (Lipinski definition) is 1. The molecule has 1 N–H and O–H groups in total. The van der Waals surface area contributed by atoms with Gasteiger partial charge in [0.1, 0.15) is 10.8 Å². The van der Waals surface area contributed by atoms with Gasteiger partial charge in [-0.3, -0.25) is 4.79 Å². The van der Waals surface area contributed by atoms with Gasteiger partial charge in [0.2, 0.25) is 0 Å².